The summed E-state index contributed by atoms with van der Waals surface area (Å²) >= 11 is 0. The van der Waals surface area contributed by atoms with Gasteiger partial charge in [0, 0.05) is 25.1 Å². The molecule has 1 atom stereocenters. The topological polar surface area (TPSA) is 66.8 Å². The second-order valence-electron chi connectivity index (χ2n) is 7.05. The summed E-state index contributed by atoms with van der Waals surface area (Å²) in [5, 5.41) is 11.5. The molecule has 1 aliphatic rings. The molecule has 1 unspecified atom stereocenters. The van der Waals surface area contributed by atoms with Crippen molar-refractivity contribution in [1.29, 1.82) is 0 Å². The molecule has 0 aliphatic carbocycles. The molecular weight excluding hydrogens is 354 g/mol. The van der Waals surface area contributed by atoms with Crippen molar-refractivity contribution >= 4 is 22.6 Å². The standard InChI is InChI=1S/C23H21NO4/c25-22-12-19(23(26)27)14-24(22)13-17-7-2-4-11-21(17)28-15-18-9-5-8-16-6-1-3-10-20(16)18/h1-11,19H,12-15H2,(H,26,27). The van der Waals surface area contributed by atoms with Gasteiger partial charge in [0.15, 0.2) is 0 Å². The summed E-state index contributed by atoms with van der Waals surface area (Å²) < 4.78 is 6.10. The number of amides is 1. The summed E-state index contributed by atoms with van der Waals surface area (Å²) in [5.41, 5.74) is 1.97. The third kappa shape index (κ3) is 3.69. The molecule has 1 amide bonds. The highest BCUT2D eigenvalue weighted by atomic mass is 16.5. The van der Waals surface area contributed by atoms with Crippen LogP contribution in [0, 0.1) is 5.92 Å². The Bertz CT molecular complexity index is 1020. The van der Waals surface area contributed by atoms with Gasteiger partial charge in [-0.3, -0.25) is 9.59 Å². The molecule has 0 bridgehead atoms. The van der Waals surface area contributed by atoms with Crippen molar-refractivity contribution in [3.05, 3.63) is 77.9 Å². The summed E-state index contributed by atoms with van der Waals surface area (Å²) in [6, 6.07) is 21.9. The lowest BCUT2D eigenvalue weighted by Gasteiger charge is -2.19. The lowest BCUT2D eigenvalue weighted by atomic mass is 10.1. The molecule has 1 aliphatic heterocycles. The van der Waals surface area contributed by atoms with E-state index < -0.39 is 11.9 Å². The largest absolute Gasteiger partial charge is 0.489 e. The highest BCUT2D eigenvalue weighted by Gasteiger charge is 2.34. The van der Waals surface area contributed by atoms with Gasteiger partial charge in [0.1, 0.15) is 12.4 Å². The number of carboxylic acids is 1. The molecule has 0 spiro atoms. The molecule has 5 nitrogen and oxygen atoms in total. The van der Waals surface area contributed by atoms with Crippen molar-refractivity contribution in [1.82, 2.24) is 4.90 Å². The highest BCUT2D eigenvalue weighted by Crippen LogP contribution is 2.26. The fraction of sp³-hybridized carbons (Fsp3) is 0.217. The van der Waals surface area contributed by atoms with Gasteiger partial charge in [0.2, 0.25) is 5.91 Å². The third-order valence-corrected chi connectivity index (χ3v) is 5.16. The quantitative estimate of drug-likeness (QED) is 0.711. The predicted octanol–water partition coefficient (Wildman–Crippen LogP) is 3.85. The molecule has 142 valence electrons. The number of fused-ring (bicyclic) bond motifs is 1. The molecule has 1 saturated heterocycles. The van der Waals surface area contributed by atoms with Gasteiger partial charge < -0.3 is 14.7 Å². The molecule has 1 N–H and O–H groups in total. The summed E-state index contributed by atoms with van der Waals surface area (Å²) in [4.78, 5) is 24.9. The zero-order valence-corrected chi connectivity index (χ0v) is 15.4. The van der Waals surface area contributed by atoms with Crippen molar-refractivity contribution < 1.29 is 19.4 Å². The molecule has 5 heteroatoms. The van der Waals surface area contributed by atoms with E-state index in [1.807, 2.05) is 48.5 Å². The van der Waals surface area contributed by atoms with Gasteiger partial charge >= 0.3 is 5.97 Å². The Morgan fingerprint density at radius 2 is 1.71 bits per heavy atom. The van der Waals surface area contributed by atoms with E-state index in [2.05, 4.69) is 18.2 Å². The number of hydrogen-bond acceptors (Lipinski definition) is 3. The Balaban J connectivity index is 1.51. The minimum Gasteiger partial charge on any atom is -0.489 e. The number of nitrogens with zero attached hydrogens (tertiary/aromatic N) is 1. The van der Waals surface area contributed by atoms with Crippen LogP contribution >= 0.6 is 0 Å². The van der Waals surface area contributed by atoms with Crippen LogP contribution in [-0.4, -0.2) is 28.4 Å². The number of likely N-dealkylation sites (tertiary alicyclic amines) is 1. The monoisotopic (exact) mass is 375 g/mol. The van der Waals surface area contributed by atoms with E-state index in [0.29, 0.717) is 18.9 Å². The van der Waals surface area contributed by atoms with Crippen molar-refractivity contribution in [2.75, 3.05) is 6.54 Å². The minimum absolute atomic E-state index is 0.0639. The summed E-state index contributed by atoms with van der Waals surface area (Å²) in [6.07, 6.45) is 0.0639. The number of benzene rings is 3. The van der Waals surface area contributed by atoms with Crippen molar-refractivity contribution in [2.45, 2.75) is 19.6 Å². The van der Waals surface area contributed by atoms with Gasteiger partial charge in [0.25, 0.3) is 0 Å². The van der Waals surface area contributed by atoms with Gasteiger partial charge in [0.05, 0.1) is 5.92 Å². The van der Waals surface area contributed by atoms with E-state index in [-0.39, 0.29) is 18.9 Å². The van der Waals surface area contributed by atoms with Crippen LogP contribution < -0.4 is 4.74 Å². The van der Waals surface area contributed by atoms with Crippen LogP contribution in [0.25, 0.3) is 10.8 Å². The van der Waals surface area contributed by atoms with Crippen LogP contribution in [-0.2, 0) is 22.7 Å². The molecule has 0 aromatic heterocycles. The van der Waals surface area contributed by atoms with E-state index in [1.165, 1.54) is 5.39 Å². The molecule has 3 aromatic carbocycles. The van der Waals surface area contributed by atoms with Crippen LogP contribution in [0.15, 0.2) is 66.7 Å². The normalized spacial score (nSPS) is 16.5. The Kier molecular flexibility index (Phi) is 4.98. The van der Waals surface area contributed by atoms with Crippen molar-refractivity contribution in [3.63, 3.8) is 0 Å². The molecule has 1 heterocycles. The molecule has 1 fully saturated rings. The van der Waals surface area contributed by atoms with Crippen molar-refractivity contribution in [3.8, 4) is 5.75 Å². The first-order chi connectivity index (χ1) is 13.6. The van der Waals surface area contributed by atoms with Gasteiger partial charge in [-0.15, -0.1) is 0 Å². The molecule has 28 heavy (non-hydrogen) atoms. The van der Waals surface area contributed by atoms with Crippen molar-refractivity contribution in [2.24, 2.45) is 5.92 Å². The van der Waals surface area contributed by atoms with Gasteiger partial charge in [-0.2, -0.15) is 0 Å². The minimum atomic E-state index is -0.920. The predicted molar refractivity (Wildman–Crippen MR) is 106 cm³/mol. The number of carbonyl (C=O) groups is 2. The average molecular weight is 375 g/mol. The second kappa shape index (κ2) is 7.72. The first-order valence-electron chi connectivity index (χ1n) is 9.30. The van der Waals surface area contributed by atoms with Crippen LogP contribution in [0.2, 0.25) is 0 Å². The first-order valence-corrected chi connectivity index (χ1v) is 9.30. The zero-order chi connectivity index (χ0) is 19.5. The molecule has 0 radical (unpaired) electrons. The van der Waals surface area contributed by atoms with Crippen LogP contribution in [0.3, 0.4) is 0 Å². The van der Waals surface area contributed by atoms with E-state index in [0.717, 1.165) is 16.5 Å². The fourth-order valence-corrected chi connectivity index (χ4v) is 3.65. The Morgan fingerprint density at radius 3 is 2.54 bits per heavy atom. The average Bonchev–Trinajstić information content (AvgIpc) is 3.08. The molecule has 4 rings (SSSR count). The number of aliphatic carboxylic acids is 1. The van der Waals surface area contributed by atoms with Gasteiger partial charge in [-0.05, 0) is 22.4 Å². The smallest absolute Gasteiger partial charge is 0.308 e. The first kappa shape index (κ1) is 18.0. The zero-order valence-electron chi connectivity index (χ0n) is 15.4. The lowest BCUT2D eigenvalue weighted by Crippen LogP contribution is -2.26. The highest BCUT2D eigenvalue weighted by molar-refractivity contribution is 5.86. The maximum absolute atomic E-state index is 12.2. The number of ether oxygens (including phenoxy) is 1. The van der Waals surface area contributed by atoms with Crippen LogP contribution in [0.1, 0.15) is 17.5 Å². The summed E-state index contributed by atoms with van der Waals surface area (Å²) in [6.45, 7) is 1.02. The van der Waals surface area contributed by atoms with E-state index in [4.69, 9.17) is 9.84 Å². The van der Waals surface area contributed by atoms with E-state index in [1.54, 1.807) is 4.90 Å². The Hall–Kier alpha value is -3.34. The fourth-order valence-electron chi connectivity index (χ4n) is 3.65. The number of hydrogen-bond donors (Lipinski definition) is 1. The molecular formula is C23H21NO4. The molecule has 3 aromatic rings. The Labute approximate surface area is 163 Å². The third-order valence-electron chi connectivity index (χ3n) is 5.16. The van der Waals surface area contributed by atoms with E-state index in [9.17, 15) is 9.59 Å². The number of carbonyl (C=O) groups excluding carboxylic acids is 1. The number of rotatable bonds is 6. The maximum Gasteiger partial charge on any atom is 0.308 e. The SMILES string of the molecule is O=C(O)C1CC(=O)N(Cc2ccccc2OCc2cccc3ccccc23)C1. The lowest BCUT2D eigenvalue weighted by molar-refractivity contribution is -0.141. The summed E-state index contributed by atoms with van der Waals surface area (Å²) in [5.74, 6) is -0.967. The van der Waals surface area contributed by atoms with Crippen LogP contribution in [0.5, 0.6) is 5.75 Å². The second-order valence-corrected chi connectivity index (χ2v) is 7.05. The summed E-state index contributed by atoms with van der Waals surface area (Å²) in [7, 11) is 0. The van der Waals surface area contributed by atoms with E-state index >= 15 is 0 Å². The number of para-hydroxylation sites is 1. The Morgan fingerprint density at radius 1 is 1.00 bits per heavy atom. The number of carboxylic acid groups (broad SMARTS) is 1. The molecule has 0 saturated carbocycles. The van der Waals surface area contributed by atoms with Gasteiger partial charge in [-0.25, -0.2) is 0 Å². The van der Waals surface area contributed by atoms with Gasteiger partial charge in [-0.1, -0.05) is 60.7 Å². The maximum atomic E-state index is 12.2. The van der Waals surface area contributed by atoms with Crippen LogP contribution in [0.4, 0.5) is 0 Å².